The van der Waals surface area contributed by atoms with Crippen molar-refractivity contribution < 1.29 is 18.0 Å². The zero-order chi connectivity index (χ0) is 14.3. The third-order valence-electron chi connectivity index (χ3n) is 3.57. The highest BCUT2D eigenvalue weighted by Gasteiger charge is 2.28. The molecule has 5 heteroatoms. The van der Waals surface area contributed by atoms with Crippen LogP contribution in [0.3, 0.4) is 0 Å². The number of carbonyl (C=O) groups is 1. The van der Waals surface area contributed by atoms with Gasteiger partial charge in [-0.25, -0.2) is 0 Å². The summed E-state index contributed by atoms with van der Waals surface area (Å²) in [5.74, 6) is -0.682. The lowest BCUT2D eigenvalue weighted by molar-refractivity contribution is -0.123. The van der Waals surface area contributed by atoms with Crippen molar-refractivity contribution in [1.29, 1.82) is 0 Å². The molecule has 2 aromatic rings. The monoisotopic (exact) mass is 279 g/mol. The van der Waals surface area contributed by atoms with Gasteiger partial charge in [0, 0.05) is 5.56 Å². The standard InChI is InChI=1S/C15H12F3NO/c16-15(17,18)8-19-14(20)12-7-6-10-5-4-9-2-1-3-11(12)13(9)10/h1-3,6-7H,4-5,8H2,(H,19,20). The SMILES string of the molecule is O=C(NCC(F)(F)F)c1ccc2c3c(cccc13)CC2. The third-order valence-corrected chi connectivity index (χ3v) is 3.57. The first-order valence-electron chi connectivity index (χ1n) is 6.34. The van der Waals surface area contributed by atoms with E-state index in [4.69, 9.17) is 0 Å². The van der Waals surface area contributed by atoms with Crippen molar-refractivity contribution >= 4 is 16.7 Å². The lowest BCUT2D eigenvalue weighted by atomic mass is 9.99. The molecule has 2 aromatic carbocycles. The average molecular weight is 279 g/mol. The molecular weight excluding hydrogens is 267 g/mol. The van der Waals surface area contributed by atoms with Crippen LogP contribution in [0, 0.1) is 0 Å². The Balaban J connectivity index is 1.99. The fraction of sp³-hybridized carbons (Fsp3) is 0.267. The van der Waals surface area contributed by atoms with Gasteiger partial charge in [-0.1, -0.05) is 24.3 Å². The Hall–Kier alpha value is -2.04. The van der Waals surface area contributed by atoms with Crippen molar-refractivity contribution in [2.45, 2.75) is 19.0 Å². The Morgan fingerprint density at radius 2 is 1.80 bits per heavy atom. The van der Waals surface area contributed by atoms with E-state index in [2.05, 4.69) is 0 Å². The highest BCUT2D eigenvalue weighted by atomic mass is 19.4. The summed E-state index contributed by atoms with van der Waals surface area (Å²) in [6, 6.07) is 9.07. The van der Waals surface area contributed by atoms with Gasteiger partial charge in [0.15, 0.2) is 0 Å². The van der Waals surface area contributed by atoms with Crippen LogP contribution < -0.4 is 5.32 Å². The molecule has 0 fully saturated rings. The van der Waals surface area contributed by atoms with E-state index in [1.807, 2.05) is 23.5 Å². The molecule has 0 atom stereocenters. The molecule has 1 aliphatic rings. The van der Waals surface area contributed by atoms with Crippen molar-refractivity contribution in [2.24, 2.45) is 0 Å². The highest BCUT2D eigenvalue weighted by molar-refractivity contribution is 6.09. The predicted molar refractivity (Wildman–Crippen MR) is 69.7 cm³/mol. The first kappa shape index (κ1) is 13.0. The molecule has 0 heterocycles. The summed E-state index contributed by atoms with van der Waals surface area (Å²) in [5, 5.41) is 3.68. The zero-order valence-electron chi connectivity index (χ0n) is 10.6. The largest absolute Gasteiger partial charge is 0.405 e. The summed E-state index contributed by atoms with van der Waals surface area (Å²) < 4.78 is 36.5. The van der Waals surface area contributed by atoms with Crippen LogP contribution in [0.4, 0.5) is 13.2 Å². The van der Waals surface area contributed by atoms with Gasteiger partial charge < -0.3 is 5.32 Å². The minimum Gasteiger partial charge on any atom is -0.343 e. The molecule has 3 rings (SSSR count). The maximum Gasteiger partial charge on any atom is 0.405 e. The van der Waals surface area contributed by atoms with E-state index in [-0.39, 0.29) is 0 Å². The lowest BCUT2D eigenvalue weighted by Crippen LogP contribution is -2.33. The van der Waals surface area contributed by atoms with Crippen molar-refractivity contribution in [1.82, 2.24) is 5.32 Å². The van der Waals surface area contributed by atoms with Crippen LogP contribution in [-0.2, 0) is 12.8 Å². The van der Waals surface area contributed by atoms with Gasteiger partial charge in [-0.05, 0) is 40.8 Å². The van der Waals surface area contributed by atoms with Gasteiger partial charge in [0.05, 0.1) is 0 Å². The van der Waals surface area contributed by atoms with Crippen LogP contribution in [0.2, 0.25) is 0 Å². The highest BCUT2D eigenvalue weighted by Crippen LogP contribution is 2.32. The summed E-state index contributed by atoms with van der Waals surface area (Å²) in [4.78, 5) is 11.9. The summed E-state index contributed by atoms with van der Waals surface area (Å²) in [7, 11) is 0. The van der Waals surface area contributed by atoms with Crippen LogP contribution in [0.15, 0.2) is 30.3 Å². The number of rotatable bonds is 2. The van der Waals surface area contributed by atoms with Crippen LogP contribution in [-0.4, -0.2) is 18.6 Å². The first-order chi connectivity index (χ1) is 9.46. The molecule has 0 aromatic heterocycles. The maximum absolute atomic E-state index is 12.2. The van der Waals surface area contributed by atoms with E-state index in [0.717, 1.165) is 34.7 Å². The van der Waals surface area contributed by atoms with Crippen molar-refractivity contribution in [2.75, 3.05) is 6.54 Å². The fourth-order valence-electron chi connectivity index (χ4n) is 2.72. The van der Waals surface area contributed by atoms with Gasteiger partial charge >= 0.3 is 6.18 Å². The van der Waals surface area contributed by atoms with E-state index >= 15 is 0 Å². The number of hydrogen-bond acceptors (Lipinski definition) is 1. The Kier molecular flexibility index (Phi) is 2.92. The molecule has 0 radical (unpaired) electrons. The number of hydrogen-bond donors (Lipinski definition) is 1. The Bertz CT molecular complexity index is 681. The van der Waals surface area contributed by atoms with Gasteiger partial charge in [0.2, 0.25) is 0 Å². The molecule has 1 amide bonds. The smallest absolute Gasteiger partial charge is 0.343 e. The van der Waals surface area contributed by atoms with Gasteiger partial charge in [0.25, 0.3) is 5.91 Å². The van der Waals surface area contributed by atoms with E-state index in [1.54, 1.807) is 12.1 Å². The van der Waals surface area contributed by atoms with Crippen LogP contribution in [0.5, 0.6) is 0 Å². The minimum absolute atomic E-state index is 0.303. The topological polar surface area (TPSA) is 29.1 Å². The Morgan fingerprint density at radius 1 is 1.10 bits per heavy atom. The molecule has 0 bridgehead atoms. The second-order valence-electron chi connectivity index (χ2n) is 4.91. The molecule has 2 nitrogen and oxygen atoms in total. The number of aryl methyl sites for hydroxylation is 2. The Labute approximate surface area is 113 Å². The molecular formula is C15H12F3NO. The second-order valence-corrected chi connectivity index (χ2v) is 4.91. The van der Waals surface area contributed by atoms with Gasteiger partial charge in [-0.3, -0.25) is 4.79 Å². The van der Waals surface area contributed by atoms with Crippen LogP contribution >= 0.6 is 0 Å². The molecule has 0 saturated carbocycles. The maximum atomic E-state index is 12.2. The van der Waals surface area contributed by atoms with Gasteiger partial charge in [-0.2, -0.15) is 13.2 Å². The molecule has 0 spiro atoms. The molecule has 20 heavy (non-hydrogen) atoms. The van der Waals surface area contributed by atoms with Crippen molar-refractivity contribution in [3.63, 3.8) is 0 Å². The quantitative estimate of drug-likeness (QED) is 0.898. The molecule has 0 unspecified atom stereocenters. The summed E-state index contributed by atoms with van der Waals surface area (Å²) in [5.41, 5.74) is 2.61. The fourth-order valence-corrected chi connectivity index (χ4v) is 2.72. The second kappa shape index (κ2) is 4.51. The number of nitrogens with one attached hydrogen (secondary N) is 1. The van der Waals surface area contributed by atoms with Crippen LogP contribution in [0.25, 0.3) is 10.8 Å². The van der Waals surface area contributed by atoms with Crippen LogP contribution in [0.1, 0.15) is 21.5 Å². The number of amides is 1. The minimum atomic E-state index is -4.40. The Morgan fingerprint density at radius 3 is 2.50 bits per heavy atom. The molecule has 0 aliphatic heterocycles. The van der Waals surface area contributed by atoms with Gasteiger partial charge in [0.1, 0.15) is 6.54 Å². The van der Waals surface area contributed by atoms with E-state index in [0.29, 0.717) is 5.56 Å². The van der Waals surface area contributed by atoms with Crippen molar-refractivity contribution in [3.8, 4) is 0 Å². The summed E-state index contributed by atoms with van der Waals surface area (Å²) in [6.45, 7) is -1.31. The lowest BCUT2D eigenvalue weighted by Gasteiger charge is -2.11. The molecule has 1 aliphatic carbocycles. The number of alkyl halides is 3. The zero-order valence-corrected chi connectivity index (χ0v) is 10.6. The molecule has 1 N–H and O–H groups in total. The average Bonchev–Trinajstić information content (AvgIpc) is 2.81. The molecule has 104 valence electrons. The number of carbonyl (C=O) groups excluding carboxylic acids is 1. The predicted octanol–water partition coefficient (Wildman–Crippen LogP) is 3.23. The van der Waals surface area contributed by atoms with E-state index in [9.17, 15) is 18.0 Å². The van der Waals surface area contributed by atoms with E-state index < -0.39 is 18.6 Å². The third kappa shape index (κ3) is 2.24. The van der Waals surface area contributed by atoms with Crippen molar-refractivity contribution in [3.05, 3.63) is 47.0 Å². The normalized spacial score (nSPS) is 13.8. The number of halogens is 3. The molecule has 0 saturated heterocycles. The summed E-state index contributed by atoms with van der Waals surface area (Å²) in [6.07, 6.45) is -2.56. The number of benzene rings is 2. The van der Waals surface area contributed by atoms with E-state index in [1.165, 1.54) is 0 Å². The first-order valence-corrected chi connectivity index (χ1v) is 6.34. The summed E-state index contributed by atoms with van der Waals surface area (Å²) >= 11 is 0. The van der Waals surface area contributed by atoms with Gasteiger partial charge in [-0.15, -0.1) is 0 Å².